The molecule has 4 nitrogen and oxygen atoms in total. The molecule has 1 aromatic heterocycles. The van der Waals surface area contributed by atoms with Crippen LogP contribution in [0.2, 0.25) is 5.15 Å². The predicted molar refractivity (Wildman–Crippen MR) is 88.0 cm³/mol. The first-order valence-corrected chi connectivity index (χ1v) is 7.45. The quantitative estimate of drug-likeness (QED) is 0.869. The molecule has 0 spiro atoms. The summed E-state index contributed by atoms with van der Waals surface area (Å²) in [5.74, 6) is -0.125. The molecule has 0 radical (unpaired) electrons. The molecular weight excluding hydrogens is 286 g/mol. The lowest BCUT2D eigenvalue weighted by atomic mass is 9.91. The molecule has 1 amide bonds. The summed E-state index contributed by atoms with van der Waals surface area (Å²) in [6.45, 7) is 10.8. The van der Waals surface area contributed by atoms with Crippen LogP contribution in [0.25, 0.3) is 0 Å². The Morgan fingerprint density at radius 3 is 2.29 bits per heavy atom. The van der Waals surface area contributed by atoms with Crippen LogP contribution in [0.3, 0.4) is 0 Å². The van der Waals surface area contributed by atoms with Crippen LogP contribution in [-0.4, -0.2) is 42.0 Å². The van der Waals surface area contributed by atoms with Gasteiger partial charge in [0.05, 0.1) is 0 Å². The molecule has 0 atom stereocenters. The number of amides is 1. The van der Waals surface area contributed by atoms with Crippen molar-refractivity contribution >= 4 is 17.5 Å². The topological polar surface area (TPSA) is 45.2 Å². The SMILES string of the molecule is CN(C)C(C)(C)CNC(=O)c1cc(Cl)nc(C(C)(C)C)c1. The smallest absolute Gasteiger partial charge is 0.251 e. The second-order valence-corrected chi connectivity index (χ2v) is 7.59. The number of rotatable bonds is 4. The van der Waals surface area contributed by atoms with Crippen molar-refractivity contribution in [3.8, 4) is 0 Å². The van der Waals surface area contributed by atoms with Crippen LogP contribution >= 0.6 is 11.6 Å². The van der Waals surface area contributed by atoms with Gasteiger partial charge in [-0.15, -0.1) is 0 Å². The summed E-state index contributed by atoms with van der Waals surface area (Å²) in [5, 5.41) is 3.31. The summed E-state index contributed by atoms with van der Waals surface area (Å²) < 4.78 is 0. The number of halogens is 1. The number of hydrogen-bond donors (Lipinski definition) is 1. The van der Waals surface area contributed by atoms with Crippen LogP contribution in [-0.2, 0) is 5.41 Å². The van der Waals surface area contributed by atoms with Gasteiger partial charge in [0.25, 0.3) is 5.91 Å². The minimum Gasteiger partial charge on any atom is -0.350 e. The zero-order valence-electron chi connectivity index (χ0n) is 14.0. The van der Waals surface area contributed by atoms with Gasteiger partial charge in [-0.25, -0.2) is 4.98 Å². The van der Waals surface area contributed by atoms with E-state index in [4.69, 9.17) is 11.6 Å². The molecule has 1 rings (SSSR count). The third-order valence-electron chi connectivity index (χ3n) is 3.72. The summed E-state index contributed by atoms with van der Waals surface area (Å²) in [4.78, 5) is 18.7. The van der Waals surface area contributed by atoms with Gasteiger partial charge in [-0.1, -0.05) is 32.4 Å². The van der Waals surface area contributed by atoms with Crippen LogP contribution in [0.4, 0.5) is 0 Å². The van der Waals surface area contributed by atoms with Gasteiger partial charge < -0.3 is 10.2 Å². The van der Waals surface area contributed by atoms with Crippen molar-refractivity contribution < 1.29 is 4.79 Å². The number of likely N-dealkylation sites (N-methyl/N-ethyl adjacent to an activating group) is 1. The van der Waals surface area contributed by atoms with Crippen LogP contribution < -0.4 is 5.32 Å². The van der Waals surface area contributed by atoms with E-state index in [0.29, 0.717) is 17.3 Å². The standard InChI is InChI=1S/C16H26ClN3O/c1-15(2,3)12-8-11(9-13(17)19-12)14(21)18-10-16(4,5)20(6)7/h8-9H,10H2,1-7H3,(H,18,21). The van der Waals surface area contributed by atoms with Crippen LogP contribution in [0, 0.1) is 0 Å². The van der Waals surface area contributed by atoms with E-state index in [-0.39, 0.29) is 16.9 Å². The Balaban J connectivity index is 2.91. The average molecular weight is 312 g/mol. The van der Waals surface area contributed by atoms with Gasteiger partial charge >= 0.3 is 0 Å². The first kappa shape index (κ1) is 17.9. The van der Waals surface area contributed by atoms with E-state index >= 15 is 0 Å². The second kappa shape index (κ2) is 6.32. The molecule has 0 saturated heterocycles. The number of nitrogens with one attached hydrogen (secondary N) is 1. The molecular formula is C16H26ClN3O. The van der Waals surface area contributed by atoms with Crippen molar-refractivity contribution in [2.75, 3.05) is 20.6 Å². The van der Waals surface area contributed by atoms with Crippen LogP contribution in [0.5, 0.6) is 0 Å². The Morgan fingerprint density at radius 2 is 1.81 bits per heavy atom. The number of nitrogens with zero attached hydrogens (tertiary/aromatic N) is 2. The third kappa shape index (κ3) is 4.97. The molecule has 1 N–H and O–H groups in total. The minimum atomic E-state index is -0.150. The summed E-state index contributed by atoms with van der Waals surface area (Å²) in [6, 6.07) is 3.42. The number of aromatic nitrogens is 1. The van der Waals surface area contributed by atoms with Gasteiger partial charge in [0.1, 0.15) is 5.15 Å². The van der Waals surface area contributed by atoms with Gasteiger partial charge in [0.15, 0.2) is 0 Å². The average Bonchev–Trinajstić information content (AvgIpc) is 2.34. The van der Waals surface area contributed by atoms with Crippen molar-refractivity contribution in [2.24, 2.45) is 0 Å². The summed E-state index contributed by atoms with van der Waals surface area (Å²) >= 11 is 6.04. The number of carbonyl (C=O) groups excluding carboxylic acids is 1. The maximum absolute atomic E-state index is 12.3. The molecule has 1 aromatic rings. The first-order valence-electron chi connectivity index (χ1n) is 7.07. The van der Waals surface area contributed by atoms with Gasteiger partial charge in [0, 0.05) is 28.8 Å². The maximum Gasteiger partial charge on any atom is 0.251 e. The summed E-state index contributed by atoms with van der Waals surface area (Å²) in [7, 11) is 3.99. The van der Waals surface area contributed by atoms with Crippen LogP contribution in [0.1, 0.15) is 50.7 Å². The number of hydrogen-bond acceptors (Lipinski definition) is 3. The molecule has 5 heteroatoms. The van der Waals surface area contributed by atoms with Gasteiger partial charge in [0.2, 0.25) is 0 Å². The Hall–Kier alpha value is -1.13. The van der Waals surface area contributed by atoms with Crippen molar-refractivity contribution in [3.63, 3.8) is 0 Å². The second-order valence-electron chi connectivity index (χ2n) is 7.20. The van der Waals surface area contributed by atoms with E-state index in [2.05, 4.69) is 29.0 Å². The monoisotopic (exact) mass is 311 g/mol. The lowest BCUT2D eigenvalue weighted by Gasteiger charge is -2.32. The Morgan fingerprint density at radius 1 is 1.24 bits per heavy atom. The highest BCUT2D eigenvalue weighted by atomic mass is 35.5. The van der Waals surface area contributed by atoms with Crippen molar-refractivity contribution in [1.82, 2.24) is 15.2 Å². The van der Waals surface area contributed by atoms with Crippen molar-refractivity contribution in [3.05, 3.63) is 28.5 Å². The zero-order valence-corrected chi connectivity index (χ0v) is 14.8. The molecule has 118 valence electrons. The minimum absolute atomic E-state index is 0.112. The van der Waals surface area contributed by atoms with E-state index in [9.17, 15) is 4.79 Å². The molecule has 0 aliphatic rings. The predicted octanol–water partition coefficient (Wildman–Crippen LogP) is 3.10. The molecule has 0 fully saturated rings. The molecule has 21 heavy (non-hydrogen) atoms. The first-order chi connectivity index (χ1) is 9.43. The highest BCUT2D eigenvalue weighted by molar-refractivity contribution is 6.29. The van der Waals surface area contributed by atoms with E-state index in [0.717, 1.165) is 5.69 Å². The largest absolute Gasteiger partial charge is 0.350 e. The van der Waals surface area contributed by atoms with E-state index in [1.54, 1.807) is 6.07 Å². The molecule has 0 saturated carbocycles. The molecule has 1 heterocycles. The Bertz CT molecular complexity index is 519. The summed E-state index contributed by atoms with van der Waals surface area (Å²) in [5.41, 5.74) is 1.10. The molecule has 0 unspecified atom stereocenters. The fraction of sp³-hybridized carbons (Fsp3) is 0.625. The lowest BCUT2D eigenvalue weighted by molar-refractivity contribution is 0.0919. The van der Waals surface area contributed by atoms with E-state index in [1.807, 2.05) is 40.9 Å². The van der Waals surface area contributed by atoms with Gasteiger partial charge in [-0.3, -0.25) is 4.79 Å². The zero-order chi connectivity index (χ0) is 16.4. The fourth-order valence-corrected chi connectivity index (χ4v) is 1.78. The summed E-state index contributed by atoms with van der Waals surface area (Å²) in [6.07, 6.45) is 0. The molecule has 0 aliphatic heterocycles. The fourth-order valence-electron chi connectivity index (χ4n) is 1.57. The molecule has 0 bridgehead atoms. The highest BCUT2D eigenvalue weighted by Gasteiger charge is 2.23. The maximum atomic E-state index is 12.3. The van der Waals surface area contributed by atoms with Gasteiger partial charge in [-0.05, 0) is 40.1 Å². The van der Waals surface area contributed by atoms with Crippen LogP contribution in [0.15, 0.2) is 12.1 Å². The van der Waals surface area contributed by atoms with Crippen molar-refractivity contribution in [1.29, 1.82) is 0 Å². The number of pyridine rings is 1. The van der Waals surface area contributed by atoms with Gasteiger partial charge in [-0.2, -0.15) is 0 Å². The van der Waals surface area contributed by atoms with E-state index in [1.165, 1.54) is 0 Å². The lowest BCUT2D eigenvalue weighted by Crippen LogP contribution is -2.48. The number of carbonyl (C=O) groups is 1. The Kier molecular flexibility index (Phi) is 5.40. The molecule has 0 aliphatic carbocycles. The molecule has 0 aromatic carbocycles. The third-order valence-corrected chi connectivity index (χ3v) is 3.91. The van der Waals surface area contributed by atoms with Crippen molar-refractivity contribution in [2.45, 2.75) is 45.6 Å². The highest BCUT2D eigenvalue weighted by Crippen LogP contribution is 2.23. The normalized spacial score (nSPS) is 12.6. The van der Waals surface area contributed by atoms with E-state index < -0.39 is 0 Å². The Labute approximate surface area is 132 Å².